The Hall–Kier alpha value is -2.99. The predicted octanol–water partition coefficient (Wildman–Crippen LogP) is 5.37. The maximum Gasteiger partial charge on any atom is 0.243 e. The quantitative estimate of drug-likeness (QED) is 0.535. The van der Waals surface area contributed by atoms with Crippen LogP contribution in [0.5, 0.6) is 0 Å². The van der Waals surface area contributed by atoms with Crippen LogP contribution in [0.4, 0.5) is 5.69 Å². The van der Waals surface area contributed by atoms with Gasteiger partial charge in [0.15, 0.2) is 0 Å². The summed E-state index contributed by atoms with van der Waals surface area (Å²) in [5.41, 5.74) is 5.02. The lowest BCUT2D eigenvalue weighted by Gasteiger charge is -2.29. The first kappa shape index (κ1) is 22.2. The van der Waals surface area contributed by atoms with Crippen molar-refractivity contribution in [2.45, 2.75) is 39.5 Å². The molecule has 0 saturated heterocycles. The van der Waals surface area contributed by atoms with Crippen LogP contribution in [-0.4, -0.2) is 35.3 Å². The molecule has 1 aromatic heterocycles. The van der Waals surface area contributed by atoms with Gasteiger partial charge in [0.1, 0.15) is 0 Å². The fourth-order valence-electron chi connectivity index (χ4n) is 4.54. The molecule has 1 aliphatic rings. The average Bonchev–Trinajstić information content (AvgIpc) is 3.20. The van der Waals surface area contributed by atoms with Crippen LogP contribution in [0.1, 0.15) is 40.5 Å². The number of nitrogens with one attached hydrogen (secondary N) is 1. The highest BCUT2D eigenvalue weighted by atomic mass is 32.1. The molecule has 0 aliphatic heterocycles. The highest BCUT2D eigenvalue weighted by Crippen LogP contribution is 2.39. The van der Waals surface area contributed by atoms with Gasteiger partial charge in [0, 0.05) is 18.7 Å². The number of amides is 2. The van der Waals surface area contributed by atoms with Gasteiger partial charge in [-0.3, -0.25) is 9.59 Å². The number of allylic oxidation sites excluding steroid dienone is 2. The van der Waals surface area contributed by atoms with Gasteiger partial charge in [-0.1, -0.05) is 42.0 Å². The number of anilines is 1. The van der Waals surface area contributed by atoms with Gasteiger partial charge in [-0.2, -0.15) is 0 Å². The second kappa shape index (κ2) is 9.25. The third-order valence-electron chi connectivity index (χ3n) is 6.08. The minimum atomic E-state index is -0.207. The van der Waals surface area contributed by atoms with Gasteiger partial charge in [0.05, 0.1) is 27.7 Å². The van der Waals surface area contributed by atoms with Crippen LogP contribution in [0, 0.1) is 26.7 Å². The summed E-state index contributed by atoms with van der Waals surface area (Å²) in [6.45, 7) is 6.04. The fraction of sp³-hybridized carbons (Fsp3) is 0.346. The van der Waals surface area contributed by atoms with E-state index in [1.54, 1.807) is 23.3 Å². The van der Waals surface area contributed by atoms with Gasteiger partial charge in [-0.25, -0.2) is 4.98 Å². The number of likely N-dealkylation sites (N-methyl/N-ethyl adjacent to an activating group) is 1. The van der Waals surface area contributed by atoms with E-state index in [0.29, 0.717) is 6.42 Å². The molecule has 3 aromatic rings. The van der Waals surface area contributed by atoms with E-state index in [2.05, 4.69) is 35.7 Å². The van der Waals surface area contributed by atoms with Gasteiger partial charge < -0.3 is 10.2 Å². The summed E-state index contributed by atoms with van der Waals surface area (Å²) in [7, 11) is 1.71. The Kier molecular flexibility index (Phi) is 6.42. The van der Waals surface area contributed by atoms with Crippen molar-refractivity contribution in [3.05, 3.63) is 70.2 Å². The third-order valence-corrected chi connectivity index (χ3v) is 7.24. The molecule has 0 unspecified atom stereocenters. The Balaban J connectivity index is 1.47. The molecule has 4 rings (SSSR count). The molecule has 0 saturated carbocycles. The maximum atomic E-state index is 13.4. The van der Waals surface area contributed by atoms with E-state index in [1.807, 2.05) is 39.0 Å². The molecular formula is C26H29N3O2S. The Bertz CT molecular complexity index is 1140. The van der Waals surface area contributed by atoms with E-state index in [9.17, 15) is 9.59 Å². The molecule has 0 fully saturated rings. The second-order valence-corrected chi connectivity index (χ2v) is 9.75. The van der Waals surface area contributed by atoms with Crippen molar-refractivity contribution in [1.29, 1.82) is 0 Å². The lowest BCUT2D eigenvalue weighted by molar-refractivity contribution is -0.137. The lowest BCUT2D eigenvalue weighted by Crippen LogP contribution is -2.40. The zero-order valence-corrected chi connectivity index (χ0v) is 19.8. The van der Waals surface area contributed by atoms with E-state index >= 15 is 0 Å². The number of thiazole rings is 1. The smallest absolute Gasteiger partial charge is 0.243 e. The molecule has 2 atom stereocenters. The Morgan fingerprint density at radius 1 is 1.09 bits per heavy atom. The summed E-state index contributed by atoms with van der Waals surface area (Å²) in [5.74, 6) is -0.358. The van der Waals surface area contributed by atoms with E-state index < -0.39 is 0 Å². The van der Waals surface area contributed by atoms with Crippen molar-refractivity contribution in [3.8, 4) is 0 Å². The number of aryl methyl sites for hydroxylation is 3. The molecule has 6 heteroatoms. The summed E-state index contributed by atoms with van der Waals surface area (Å²) < 4.78 is 1.14. The summed E-state index contributed by atoms with van der Waals surface area (Å²) in [4.78, 5) is 32.5. The normalized spacial score (nSPS) is 18.0. The van der Waals surface area contributed by atoms with Gasteiger partial charge in [0.2, 0.25) is 11.8 Å². The molecule has 1 heterocycles. The number of nitrogens with zero attached hydrogens (tertiary/aromatic N) is 2. The Labute approximate surface area is 193 Å². The first-order valence-corrected chi connectivity index (χ1v) is 11.8. The highest BCUT2D eigenvalue weighted by Gasteiger charge is 2.34. The summed E-state index contributed by atoms with van der Waals surface area (Å²) in [6, 6.07) is 12.2. The first-order chi connectivity index (χ1) is 15.3. The molecular weight excluding hydrogens is 418 g/mol. The van der Waals surface area contributed by atoms with Crippen LogP contribution in [0.2, 0.25) is 0 Å². The average molecular weight is 448 g/mol. The minimum absolute atomic E-state index is 0.00824. The van der Waals surface area contributed by atoms with Crippen molar-refractivity contribution in [3.63, 3.8) is 0 Å². The van der Waals surface area contributed by atoms with Crippen molar-refractivity contribution in [2.75, 3.05) is 18.9 Å². The molecule has 0 radical (unpaired) electrons. The zero-order valence-electron chi connectivity index (χ0n) is 19.0. The molecule has 2 aromatic carbocycles. The van der Waals surface area contributed by atoms with Crippen LogP contribution >= 0.6 is 11.3 Å². The van der Waals surface area contributed by atoms with Crippen LogP contribution < -0.4 is 5.32 Å². The van der Waals surface area contributed by atoms with Gasteiger partial charge in [-0.05, 0) is 56.9 Å². The van der Waals surface area contributed by atoms with E-state index in [4.69, 9.17) is 4.98 Å². The maximum absolute atomic E-state index is 13.4. The molecule has 0 spiro atoms. The van der Waals surface area contributed by atoms with E-state index in [-0.39, 0.29) is 30.2 Å². The number of carbonyl (C=O) groups is 2. The lowest BCUT2D eigenvalue weighted by atomic mass is 9.82. The zero-order chi connectivity index (χ0) is 22.8. The van der Waals surface area contributed by atoms with E-state index in [0.717, 1.165) is 44.0 Å². The number of hydrogen-bond acceptors (Lipinski definition) is 4. The largest absolute Gasteiger partial charge is 0.336 e. The first-order valence-electron chi connectivity index (χ1n) is 11.0. The number of benzene rings is 2. The fourth-order valence-corrected chi connectivity index (χ4v) is 5.69. The predicted molar refractivity (Wildman–Crippen MR) is 131 cm³/mol. The molecule has 1 N–H and O–H groups in total. The summed E-state index contributed by atoms with van der Waals surface area (Å²) in [6.07, 6.45) is 5.66. The summed E-state index contributed by atoms with van der Waals surface area (Å²) in [5, 5.41) is 4.00. The molecule has 5 nitrogen and oxygen atoms in total. The SMILES string of the molecule is Cc1cc(C)c(NC(=O)CN(C)C(=O)[C@H]2CC=CC[C@H]2c2nc3ccccc3s2)c(C)c1. The van der Waals surface area contributed by atoms with Crippen LogP contribution in [0.3, 0.4) is 0 Å². The van der Waals surface area contributed by atoms with Crippen molar-refractivity contribution in [1.82, 2.24) is 9.88 Å². The van der Waals surface area contributed by atoms with Gasteiger partial charge in [-0.15, -0.1) is 11.3 Å². The second-order valence-electron chi connectivity index (χ2n) is 8.69. The standard InChI is InChI=1S/C26H29N3O2S/c1-16-13-17(2)24(18(3)14-16)28-23(30)15-29(4)26(31)20-10-6-5-9-19(20)25-27-21-11-7-8-12-22(21)32-25/h5-8,11-14,19-20H,9-10,15H2,1-4H3,(H,28,30)/t19-,20+/m1/s1. The minimum Gasteiger partial charge on any atom is -0.336 e. The number of carbonyl (C=O) groups excluding carboxylic acids is 2. The Morgan fingerprint density at radius 2 is 1.78 bits per heavy atom. The van der Waals surface area contributed by atoms with E-state index in [1.165, 1.54) is 0 Å². The van der Waals surface area contributed by atoms with Gasteiger partial charge >= 0.3 is 0 Å². The monoisotopic (exact) mass is 447 g/mol. The van der Waals surface area contributed by atoms with Crippen molar-refractivity contribution < 1.29 is 9.59 Å². The number of hydrogen-bond donors (Lipinski definition) is 1. The molecule has 2 amide bonds. The van der Waals surface area contributed by atoms with Gasteiger partial charge in [0.25, 0.3) is 0 Å². The molecule has 1 aliphatic carbocycles. The topological polar surface area (TPSA) is 62.3 Å². The molecule has 166 valence electrons. The number of aromatic nitrogens is 1. The van der Waals surface area contributed by atoms with Crippen molar-refractivity contribution in [2.24, 2.45) is 5.92 Å². The molecule has 0 bridgehead atoms. The number of para-hydroxylation sites is 1. The van der Waals surface area contributed by atoms with Crippen LogP contribution in [-0.2, 0) is 9.59 Å². The number of rotatable bonds is 5. The van der Waals surface area contributed by atoms with Crippen LogP contribution in [0.25, 0.3) is 10.2 Å². The molecule has 32 heavy (non-hydrogen) atoms. The summed E-state index contributed by atoms with van der Waals surface area (Å²) >= 11 is 1.66. The number of fused-ring (bicyclic) bond motifs is 1. The third kappa shape index (κ3) is 4.60. The van der Waals surface area contributed by atoms with Crippen LogP contribution in [0.15, 0.2) is 48.6 Å². The highest BCUT2D eigenvalue weighted by molar-refractivity contribution is 7.18. The Morgan fingerprint density at radius 3 is 2.50 bits per heavy atom. The van der Waals surface area contributed by atoms with Crippen molar-refractivity contribution >= 4 is 39.1 Å².